The van der Waals surface area contributed by atoms with Gasteiger partial charge in [-0.15, -0.1) is 0 Å². The molecule has 2 aromatic heterocycles. The van der Waals surface area contributed by atoms with E-state index in [0.29, 0.717) is 11.4 Å². The van der Waals surface area contributed by atoms with Crippen LogP contribution in [0.15, 0.2) is 24.5 Å². The van der Waals surface area contributed by atoms with Crippen molar-refractivity contribution in [2.75, 3.05) is 7.11 Å². The third-order valence-corrected chi connectivity index (χ3v) is 3.29. The first-order valence-corrected chi connectivity index (χ1v) is 5.98. The molecule has 19 heavy (non-hydrogen) atoms. The molecule has 0 aromatic carbocycles. The third-order valence-electron chi connectivity index (χ3n) is 3.29. The van der Waals surface area contributed by atoms with Gasteiger partial charge in [0.15, 0.2) is 0 Å². The number of esters is 1. The molecule has 0 aliphatic carbocycles. The number of nitrogens with one attached hydrogen (secondary N) is 1. The molecule has 3 heterocycles. The number of carbonyl (C=O) groups excluding carboxylic acids is 1. The SMILES string of the molecule is COC(=O)c1cc2c([nH]1)-c1ccncc1OC2(C)C. The van der Waals surface area contributed by atoms with Crippen LogP contribution in [0.1, 0.15) is 29.9 Å². The minimum absolute atomic E-state index is 0.388. The van der Waals surface area contributed by atoms with E-state index in [1.807, 2.05) is 19.9 Å². The smallest absolute Gasteiger partial charge is 0.354 e. The predicted molar refractivity (Wildman–Crippen MR) is 69.0 cm³/mol. The molecule has 0 unspecified atom stereocenters. The van der Waals surface area contributed by atoms with E-state index in [9.17, 15) is 4.79 Å². The fourth-order valence-corrected chi connectivity index (χ4v) is 2.36. The minimum Gasteiger partial charge on any atom is -0.481 e. The summed E-state index contributed by atoms with van der Waals surface area (Å²) in [6.45, 7) is 3.91. The van der Waals surface area contributed by atoms with Gasteiger partial charge in [0.2, 0.25) is 0 Å². The maximum Gasteiger partial charge on any atom is 0.354 e. The van der Waals surface area contributed by atoms with Gasteiger partial charge >= 0.3 is 5.97 Å². The fourth-order valence-electron chi connectivity index (χ4n) is 2.36. The quantitative estimate of drug-likeness (QED) is 0.798. The van der Waals surface area contributed by atoms with Crippen molar-refractivity contribution in [3.63, 3.8) is 0 Å². The zero-order valence-corrected chi connectivity index (χ0v) is 11.0. The number of rotatable bonds is 1. The van der Waals surface area contributed by atoms with E-state index in [0.717, 1.165) is 16.8 Å². The average molecular weight is 258 g/mol. The van der Waals surface area contributed by atoms with Crippen LogP contribution in [0.5, 0.6) is 5.75 Å². The van der Waals surface area contributed by atoms with Crippen LogP contribution in [0, 0.1) is 0 Å². The van der Waals surface area contributed by atoms with Crippen molar-refractivity contribution in [1.82, 2.24) is 9.97 Å². The summed E-state index contributed by atoms with van der Waals surface area (Å²) < 4.78 is 10.7. The van der Waals surface area contributed by atoms with Crippen LogP contribution in [0.2, 0.25) is 0 Å². The number of carbonyl (C=O) groups is 1. The van der Waals surface area contributed by atoms with Crippen molar-refractivity contribution in [2.24, 2.45) is 0 Å². The monoisotopic (exact) mass is 258 g/mol. The summed E-state index contributed by atoms with van der Waals surface area (Å²) >= 11 is 0. The number of pyridine rings is 1. The number of H-pyrrole nitrogens is 1. The first-order valence-electron chi connectivity index (χ1n) is 5.98. The van der Waals surface area contributed by atoms with Gasteiger partial charge in [-0.25, -0.2) is 4.79 Å². The van der Waals surface area contributed by atoms with Gasteiger partial charge in [-0.2, -0.15) is 0 Å². The zero-order chi connectivity index (χ0) is 13.6. The number of nitrogens with zero attached hydrogens (tertiary/aromatic N) is 1. The fraction of sp³-hybridized carbons (Fsp3) is 0.286. The van der Waals surface area contributed by atoms with Gasteiger partial charge in [-0.05, 0) is 26.0 Å². The van der Waals surface area contributed by atoms with E-state index in [1.165, 1.54) is 7.11 Å². The van der Waals surface area contributed by atoms with Crippen LogP contribution in [0.25, 0.3) is 11.3 Å². The van der Waals surface area contributed by atoms with E-state index in [2.05, 4.69) is 9.97 Å². The molecule has 0 radical (unpaired) electrons. The summed E-state index contributed by atoms with van der Waals surface area (Å²) in [5.41, 5.74) is 2.63. The molecule has 5 nitrogen and oxygen atoms in total. The van der Waals surface area contributed by atoms with Crippen LogP contribution >= 0.6 is 0 Å². The molecule has 0 saturated carbocycles. The molecule has 1 aliphatic heterocycles. The number of aromatic nitrogens is 2. The average Bonchev–Trinajstić information content (AvgIpc) is 2.84. The van der Waals surface area contributed by atoms with E-state index in [4.69, 9.17) is 9.47 Å². The molecule has 0 spiro atoms. The molecule has 2 aromatic rings. The Balaban J connectivity index is 2.23. The Morgan fingerprint density at radius 3 is 3.00 bits per heavy atom. The highest BCUT2D eigenvalue weighted by molar-refractivity contribution is 5.90. The van der Waals surface area contributed by atoms with E-state index in [-0.39, 0.29) is 5.97 Å². The highest BCUT2D eigenvalue weighted by Crippen LogP contribution is 2.44. The van der Waals surface area contributed by atoms with Gasteiger partial charge in [0.05, 0.1) is 19.0 Å². The number of hydrogen-bond donors (Lipinski definition) is 1. The number of aromatic amines is 1. The Labute approximate surface area is 110 Å². The highest BCUT2D eigenvalue weighted by Gasteiger charge is 2.35. The predicted octanol–water partition coefficient (Wildman–Crippen LogP) is 2.49. The number of ether oxygens (including phenoxy) is 2. The molecule has 3 rings (SSSR count). The Hall–Kier alpha value is -2.30. The molecular weight excluding hydrogens is 244 g/mol. The lowest BCUT2D eigenvalue weighted by atomic mass is 9.92. The van der Waals surface area contributed by atoms with Gasteiger partial charge < -0.3 is 14.5 Å². The Kier molecular flexibility index (Phi) is 2.38. The lowest BCUT2D eigenvalue weighted by Crippen LogP contribution is -2.28. The maximum atomic E-state index is 11.6. The lowest BCUT2D eigenvalue weighted by Gasteiger charge is -2.32. The van der Waals surface area contributed by atoms with Gasteiger partial charge in [0.1, 0.15) is 17.0 Å². The van der Waals surface area contributed by atoms with Crippen molar-refractivity contribution in [3.8, 4) is 17.0 Å². The Bertz CT molecular complexity index is 658. The first-order chi connectivity index (χ1) is 9.03. The second-order valence-electron chi connectivity index (χ2n) is 4.95. The molecule has 0 fully saturated rings. The summed E-state index contributed by atoms with van der Waals surface area (Å²) in [4.78, 5) is 18.8. The Morgan fingerprint density at radius 2 is 2.26 bits per heavy atom. The van der Waals surface area contributed by atoms with Crippen molar-refractivity contribution >= 4 is 5.97 Å². The number of hydrogen-bond acceptors (Lipinski definition) is 4. The number of fused-ring (bicyclic) bond motifs is 3. The minimum atomic E-state index is -0.520. The van der Waals surface area contributed by atoms with Gasteiger partial charge in [0.25, 0.3) is 0 Å². The summed E-state index contributed by atoms with van der Waals surface area (Å²) in [6.07, 6.45) is 3.38. The van der Waals surface area contributed by atoms with Crippen molar-refractivity contribution in [3.05, 3.63) is 35.8 Å². The Morgan fingerprint density at radius 1 is 1.47 bits per heavy atom. The van der Waals surface area contributed by atoms with Crippen LogP contribution < -0.4 is 4.74 Å². The van der Waals surface area contributed by atoms with Crippen LogP contribution in [-0.2, 0) is 10.3 Å². The third kappa shape index (κ3) is 1.69. The van der Waals surface area contributed by atoms with Gasteiger partial charge in [-0.3, -0.25) is 4.98 Å². The molecule has 0 amide bonds. The van der Waals surface area contributed by atoms with Crippen LogP contribution in [0.4, 0.5) is 0 Å². The largest absolute Gasteiger partial charge is 0.481 e. The van der Waals surface area contributed by atoms with Crippen molar-refractivity contribution in [1.29, 1.82) is 0 Å². The van der Waals surface area contributed by atoms with Crippen LogP contribution in [0.3, 0.4) is 0 Å². The van der Waals surface area contributed by atoms with Crippen LogP contribution in [-0.4, -0.2) is 23.0 Å². The summed E-state index contributed by atoms with van der Waals surface area (Å²) in [6, 6.07) is 3.64. The van der Waals surface area contributed by atoms with Crippen molar-refractivity contribution in [2.45, 2.75) is 19.4 Å². The molecule has 1 N–H and O–H groups in total. The summed E-state index contributed by atoms with van der Waals surface area (Å²) in [7, 11) is 1.36. The molecule has 0 bridgehead atoms. The van der Waals surface area contributed by atoms with Gasteiger partial charge in [-0.1, -0.05) is 0 Å². The highest BCUT2D eigenvalue weighted by atomic mass is 16.5. The van der Waals surface area contributed by atoms with E-state index >= 15 is 0 Å². The standard InChI is InChI=1S/C14H14N2O3/c1-14(2)9-6-10(13(17)18-3)16-12(9)8-4-5-15-7-11(8)19-14/h4-7,16H,1-3H3. The molecule has 5 heteroatoms. The topological polar surface area (TPSA) is 64.2 Å². The zero-order valence-electron chi connectivity index (χ0n) is 11.0. The molecule has 1 aliphatic rings. The summed E-state index contributed by atoms with van der Waals surface area (Å²) in [5, 5.41) is 0. The van der Waals surface area contributed by atoms with Gasteiger partial charge in [0, 0.05) is 17.3 Å². The molecule has 98 valence electrons. The van der Waals surface area contributed by atoms with E-state index < -0.39 is 5.60 Å². The second-order valence-corrected chi connectivity index (χ2v) is 4.95. The molecular formula is C14H14N2O3. The lowest BCUT2D eigenvalue weighted by molar-refractivity contribution is 0.0595. The first kappa shape index (κ1) is 11.8. The molecule has 0 atom stereocenters. The van der Waals surface area contributed by atoms with E-state index in [1.54, 1.807) is 18.5 Å². The molecule has 0 saturated heterocycles. The van der Waals surface area contributed by atoms with Crippen molar-refractivity contribution < 1.29 is 14.3 Å². The normalized spacial score (nSPS) is 15.1. The second kappa shape index (κ2) is 3.85. The maximum absolute atomic E-state index is 11.6. The number of methoxy groups -OCH3 is 1. The summed E-state index contributed by atoms with van der Waals surface area (Å²) in [5.74, 6) is 0.319.